The van der Waals surface area contributed by atoms with Gasteiger partial charge in [-0.25, -0.2) is 4.79 Å². The van der Waals surface area contributed by atoms with E-state index in [2.05, 4.69) is 15.9 Å². The number of hydrogen-bond acceptors (Lipinski definition) is 1. The van der Waals surface area contributed by atoms with E-state index in [-0.39, 0.29) is 0 Å². The van der Waals surface area contributed by atoms with Crippen molar-refractivity contribution in [1.29, 1.82) is 0 Å². The maximum atomic E-state index is 11.2. The Morgan fingerprint density at radius 3 is 2.56 bits per heavy atom. The molecule has 0 fully saturated rings. The number of carboxylic acids is 1. The van der Waals surface area contributed by atoms with Crippen LogP contribution in [-0.4, -0.2) is 15.6 Å². The number of aromatic carboxylic acids is 1. The van der Waals surface area contributed by atoms with E-state index >= 15 is 0 Å². The maximum Gasteiger partial charge on any atom is 0.353 e. The molecule has 2 aromatic rings. The molecule has 1 heterocycles. The first-order chi connectivity index (χ1) is 7.61. The second-order valence-electron chi connectivity index (χ2n) is 3.47. The second-order valence-corrected chi connectivity index (χ2v) is 4.33. The van der Waals surface area contributed by atoms with Gasteiger partial charge in [0.15, 0.2) is 0 Å². The van der Waals surface area contributed by atoms with Crippen LogP contribution in [0.25, 0.3) is 11.1 Å². The van der Waals surface area contributed by atoms with Crippen molar-refractivity contribution >= 4 is 21.9 Å². The average molecular weight is 280 g/mol. The van der Waals surface area contributed by atoms with Gasteiger partial charge in [0.1, 0.15) is 5.69 Å². The van der Waals surface area contributed by atoms with Crippen molar-refractivity contribution in [1.82, 2.24) is 4.57 Å². The Morgan fingerprint density at radius 1 is 1.25 bits per heavy atom. The second kappa shape index (κ2) is 4.14. The minimum absolute atomic E-state index is 0.298. The van der Waals surface area contributed by atoms with Gasteiger partial charge in [-0.2, -0.15) is 0 Å². The average Bonchev–Trinajstić information content (AvgIpc) is 2.61. The third-order valence-corrected chi connectivity index (χ3v) is 3.13. The number of hydrogen-bond donors (Lipinski definition) is 1. The molecule has 0 saturated carbocycles. The number of aryl methyl sites for hydroxylation is 1. The molecule has 0 radical (unpaired) electrons. The molecule has 0 aliphatic heterocycles. The molecular formula is C12H10BrNO2. The molecule has 1 aromatic heterocycles. The lowest BCUT2D eigenvalue weighted by Crippen LogP contribution is -2.05. The van der Waals surface area contributed by atoms with E-state index in [0.717, 1.165) is 15.6 Å². The summed E-state index contributed by atoms with van der Waals surface area (Å²) in [5.41, 5.74) is 1.91. The lowest BCUT2D eigenvalue weighted by Gasteiger charge is -2.05. The van der Waals surface area contributed by atoms with Crippen LogP contribution >= 0.6 is 15.9 Å². The lowest BCUT2D eigenvalue weighted by atomic mass is 10.1. The van der Waals surface area contributed by atoms with Crippen LogP contribution in [0, 0.1) is 0 Å². The SMILES string of the molecule is Cn1ccc(-c2ccccc2Br)c1C(=O)O. The number of nitrogens with zero attached hydrogens (tertiary/aromatic N) is 1. The van der Waals surface area contributed by atoms with Crippen molar-refractivity contribution in [3.8, 4) is 11.1 Å². The summed E-state index contributed by atoms with van der Waals surface area (Å²) in [6, 6.07) is 9.39. The van der Waals surface area contributed by atoms with Gasteiger partial charge in [0.25, 0.3) is 0 Å². The predicted molar refractivity (Wildman–Crippen MR) is 65.5 cm³/mol. The van der Waals surface area contributed by atoms with Crippen molar-refractivity contribution in [2.24, 2.45) is 7.05 Å². The van der Waals surface area contributed by atoms with Crippen molar-refractivity contribution in [3.63, 3.8) is 0 Å². The smallest absolute Gasteiger partial charge is 0.353 e. The van der Waals surface area contributed by atoms with Gasteiger partial charge in [-0.15, -0.1) is 0 Å². The monoisotopic (exact) mass is 279 g/mol. The summed E-state index contributed by atoms with van der Waals surface area (Å²) < 4.78 is 2.50. The van der Waals surface area contributed by atoms with E-state index in [1.807, 2.05) is 30.3 Å². The van der Waals surface area contributed by atoms with Crippen LogP contribution < -0.4 is 0 Å². The Labute approximate surface area is 101 Å². The molecule has 1 N–H and O–H groups in total. The van der Waals surface area contributed by atoms with Gasteiger partial charge in [0.2, 0.25) is 0 Å². The number of halogens is 1. The fraction of sp³-hybridized carbons (Fsp3) is 0.0833. The fourth-order valence-electron chi connectivity index (χ4n) is 1.69. The van der Waals surface area contributed by atoms with Crippen LogP contribution in [0.1, 0.15) is 10.5 Å². The van der Waals surface area contributed by atoms with Gasteiger partial charge in [-0.3, -0.25) is 0 Å². The zero-order valence-electron chi connectivity index (χ0n) is 8.64. The highest BCUT2D eigenvalue weighted by atomic mass is 79.9. The van der Waals surface area contributed by atoms with Gasteiger partial charge in [0.05, 0.1) is 0 Å². The predicted octanol–water partition coefficient (Wildman–Crippen LogP) is 3.15. The van der Waals surface area contributed by atoms with Crippen LogP contribution in [0.3, 0.4) is 0 Å². The molecule has 0 unspecified atom stereocenters. The number of rotatable bonds is 2. The Hall–Kier alpha value is -1.55. The molecule has 0 atom stereocenters. The largest absolute Gasteiger partial charge is 0.477 e. The molecule has 3 nitrogen and oxygen atoms in total. The van der Waals surface area contributed by atoms with Crippen LogP contribution in [-0.2, 0) is 7.05 Å². The molecule has 0 amide bonds. The number of aromatic nitrogens is 1. The third kappa shape index (κ3) is 1.76. The third-order valence-electron chi connectivity index (χ3n) is 2.44. The van der Waals surface area contributed by atoms with E-state index in [9.17, 15) is 4.79 Å². The summed E-state index contributed by atoms with van der Waals surface area (Å²) >= 11 is 3.42. The van der Waals surface area contributed by atoms with Crippen molar-refractivity contribution in [2.45, 2.75) is 0 Å². The molecule has 82 valence electrons. The van der Waals surface area contributed by atoms with Gasteiger partial charge < -0.3 is 9.67 Å². The number of carbonyl (C=O) groups is 1. The molecule has 16 heavy (non-hydrogen) atoms. The summed E-state index contributed by atoms with van der Waals surface area (Å²) in [6.45, 7) is 0. The van der Waals surface area contributed by atoms with Gasteiger partial charge in [-0.1, -0.05) is 34.1 Å². The molecule has 0 bridgehead atoms. The molecule has 0 saturated heterocycles. The summed E-state index contributed by atoms with van der Waals surface area (Å²) in [5.74, 6) is -0.918. The molecular weight excluding hydrogens is 270 g/mol. The van der Waals surface area contributed by atoms with Crippen LogP contribution in [0.5, 0.6) is 0 Å². The van der Waals surface area contributed by atoms with E-state index in [1.54, 1.807) is 17.8 Å². The molecule has 2 rings (SSSR count). The Balaban J connectivity index is 2.66. The van der Waals surface area contributed by atoms with E-state index < -0.39 is 5.97 Å². The van der Waals surface area contributed by atoms with Crippen LogP contribution in [0.2, 0.25) is 0 Å². The van der Waals surface area contributed by atoms with Gasteiger partial charge >= 0.3 is 5.97 Å². The van der Waals surface area contributed by atoms with E-state index in [1.165, 1.54) is 0 Å². The first-order valence-electron chi connectivity index (χ1n) is 4.75. The van der Waals surface area contributed by atoms with Crippen molar-refractivity contribution < 1.29 is 9.90 Å². The Kier molecular flexibility index (Phi) is 2.83. The molecule has 1 aromatic carbocycles. The molecule has 0 aliphatic rings. The number of carboxylic acid groups (broad SMARTS) is 1. The van der Waals surface area contributed by atoms with Gasteiger partial charge in [0, 0.05) is 23.3 Å². The molecule has 4 heteroatoms. The Morgan fingerprint density at radius 2 is 1.94 bits per heavy atom. The summed E-state index contributed by atoms with van der Waals surface area (Å²) in [5, 5.41) is 9.15. The highest BCUT2D eigenvalue weighted by Gasteiger charge is 2.16. The van der Waals surface area contributed by atoms with Crippen molar-refractivity contribution in [2.75, 3.05) is 0 Å². The first-order valence-corrected chi connectivity index (χ1v) is 5.54. The van der Waals surface area contributed by atoms with Crippen LogP contribution in [0.15, 0.2) is 41.0 Å². The molecule has 0 spiro atoms. The summed E-state index contributed by atoms with van der Waals surface area (Å²) in [7, 11) is 1.73. The maximum absolute atomic E-state index is 11.2. The normalized spacial score (nSPS) is 10.4. The minimum atomic E-state index is -0.918. The van der Waals surface area contributed by atoms with Gasteiger partial charge in [-0.05, 0) is 17.7 Å². The van der Waals surface area contributed by atoms with E-state index in [4.69, 9.17) is 5.11 Å². The number of benzene rings is 1. The van der Waals surface area contributed by atoms with Crippen molar-refractivity contribution in [3.05, 3.63) is 46.7 Å². The quantitative estimate of drug-likeness (QED) is 0.918. The Bertz CT molecular complexity index is 546. The van der Waals surface area contributed by atoms with Crippen LogP contribution in [0.4, 0.5) is 0 Å². The lowest BCUT2D eigenvalue weighted by molar-refractivity contribution is 0.0687. The summed E-state index contributed by atoms with van der Waals surface area (Å²) in [6.07, 6.45) is 1.75. The minimum Gasteiger partial charge on any atom is -0.477 e. The standard InChI is InChI=1S/C12H10BrNO2/c1-14-7-6-9(11(14)12(15)16)8-4-2-3-5-10(8)13/h2-7H,1H3,(H,15,16). The highest BCUT2D eigenvalue weighted by molar-refractivity contribution is 9.10. The fourth-order valence-corrected chi connectivity index (χ4v) is 2.19. The first kappa shape index (κ1) is 11.0. The zero-order chi connectivity index (χ0) is 11.7. The molecule has 0 aliphatic carbocycles. The summed E-state index contributed by atoms with van der Waals surface area (Å²) in [4.78, 5) is 11.2. The zero-order valence-corrected chi connectivity index (χ0v) is 10.2. The highest BCUT2D eigenvalue weighted by Crippen LogP contribution is 2.30. The van der Waals surface area contributed by atoms with E-state index in [0.29, 0.717) is 5.69 Å². The topological polar surface area (TPSA) is 42.2 Å².